The Hall–Kier alpha value is -1.42. The van der Waals surface area contributed by atoms with Crippen LogP contribution in [0.25, 0.3) is 0 Å². The van der Waals surface area contributed by atoms with Crippen LogP contribution in [0.4, 0.5) is 0 Å². The first-order chi connectivity index (χ1) is 8.61. The summed E-state index contributed by atoms with van der Waals surface area (Å²) in [5, 5.41) is 9.11. The van der Waals surface area contributed by atoms with E-state index in [0.29, 0.717) is 18.0 Å². The molecule has 4 nitrogen and oxygen atoms in total. The maximum absolute atomic E-state index is 12.3. The number of carbonyl (C=O) groups excluding carboxylic acids is 1. The van der Waals surface area contributed by atoms with Gasteiger partial charge in [0.15, 0.2) is 0 Å². The normalized spacial score (nSPS) is 19.6. The number of pyridine rings is 1. The van der Waals surface area contributed by atoms with Crippen molar-refractivity contribution in [3.05, 3.63) is 29.6 Å². The van der Waals surface area contributed by atoms with Crippen molar-refractivity contribution in [1.82, 2.24) is 9.88 Å². The minimum atomic E-state index is 0.0512. The molecule has 1 aromatic rings. The Morgan fingerprint density at radius 1 is 1.61 bits per heavy atom. The predicted octanol–water partition coefficient (Wildman–Crippen LogP) is 1.66. The van der Waals surface area contributed by atoms with Crippen molar-refractivity contribution in [2.24, 2.45) is 5.92 Å². The number of aromatic nitrogens is 1. The smallest absolute Gasteiger partial charge is 0.253 e. The topological polar surface area (TPSA) is 53.4 Å². The van der Waals surface area contributed by atoms with Crippen molar-refractivity contribution in [2.75, 3.05) is 19.7 Å². The molecule has 4 heteroatoms. The van der Waals surface area contributed by atoms with E-state index >= 15 is 0 Å². The molecule has 1 N–H and O–H groups in total. The number of amides is 1. The van der Waals surface area contributed by atoms with Gasteiger partial charge in [0.1, 0.15) is 0 Å². The molecule has 0 aromatic carbocycles. The number of hydrogen-bond donors (Lipinski definition) is 1. The fourth-order valence-electron chi connectivity index (χ4n) is 2.25. The minimum Gasteiger partial charge on any atom is -0.396 e. The highest BCUT2D eigenvalue weighted by atomic mass is 16.3. The van der Waals surface area contributed by atoms with Crippen LogP contribution in [0.2, 0.25) is 0 Å². The van der Waals surface area contributed by atoms with E-state index in [0.717, 1.165) is 18.7 Å². The Kier molecular flexibility index (Phi) is 3.97. The van der Waals surface area contributed by atoms with Crippen molar-refractivity contribution in [3.8, 4) is 0 Å². The van der Waals surface area contributed by atoms with Crippen LogP contribution in [-0.2, 0) is 0 Å². The molecule has 18 heavy (non-hydrogen) atoms. The Labute approximate surface area is 108 Å². The van der Waals surface area contributed by atoms with Crippen LogP contribution in [-0.4, -0.2) is 40.6 Å². The molecule has 1 aliphatic heterocycles. The van der Waals surface area contributed by atoms with Crippen LogP contribution in [0, 0.1) is 5.92 Å². The fraction of sp³-hybridized carbons (Fsp3) is 0.571. The lowest BCUT2D eigenvalue weighted by Gasteiger charge is -2.16. The van der Waals surface area contributed by atoms with Gasteiger partial charge in [0, 0.05) is 43.1 Å². The third-order valence-electron chi connectivity index (χ3n) is 3.45. The summed E-state index contributed by atoms with van der Waals surface area (Å²) in [6.07, 6.45) is 2.59. The second-order valence-electron chi connectivity index (χ2n) is 5.21. The van der Waals surface area contributed by atoms with E-state index in [-0.39, 0.29) is 18.4 Å². The lowest BCUT2D eigenvalue weighted by molar-refractivity contribution is 0.0781. The van der Waals surface area contributed by atoms with Gasteiger partial charge in [0.2, 0.25) is 0 Å². The molecule has 2 heterocycles. The molecule has 2 rings (SSSR count). The number of likely N-dealkylation sites (tertiary alicyclic amines) is 1. The van der Waals surface area contributed by atoms with Gasteiger partial charge < -0.3 is 10.0 Å². The van der Waals surface area contributed by atoms with Crippen molar-refractivity contribution in [2.45, 2.75) is 26.2 Å². The molecule has 1 aliphatic rings. The molecule has 1 amide bonds. The minimum absolute atomic E-state index is 0.0512. The summed E-state index contributed by atoms with van der Waals surface area (Å²) in [5.41, 5.74) is 1.64. The second-order valence-corrected chi connectivity index (χ2v) is 5.21. The summed E-state index contributed by atoms with van der Waals surface area (Å²) in [5.74, 6) is 0.608. The van der Waals surface area contributed by atoms with Gasteiger partial charge in [-0.05, 0) is 24.5 Å². The van der Waals surface area contributed by atoms with Gasteiger partial charge in [0.25, 0.3) is 5.91 Å². The van der Waals surface area contributed by atoms with Crippen molar-refractivity contribution in [1.29, 1.82) is 0 Å². The number of rotatable bonds is 3. The van der Waals surface area contributed by atoms with Gasteiger partial charge >= 0.3 is 0 Å². The van der Waals surface area contributed by atoms with E-state index in [4.69, 9.17) is 5.11 Å². The number of aliphatic hydroxyl groups excluding tert-OH is 1. The van der Waals surface area contributed by atoms with E-state index in [1.54, 1.807) is 12.3 Å². The van der Waals surface area contributed by atoms with Gasteiger partial charge in [-0.25, -0.2) is 0 Å². The van der Waals surface area contributed by atoms with Gasteiger partial charge in [0.05, 0.1) is 0 Å². The van der Waals surface area contributed by atoms with Crippen LogP contribution in [0.3, 0.4) is 0 Å². The molecule has 0 radical (unpaired) electrons. The summed E-state index contributed by atoms with van der Waals surface area (Å²) in [6.45, 7) is 5.69. The molecule has 1 fully saturated rings. The number of hydrogen-bond acceptors (Lipinski definition) is 3. The van der Waals surface area contributed by atoms with Crippen molar-refractivity contribution in [3.63, 3.8) is 0 Å². The molecule has 0 aliphatic carbocycles. The molecular weight excluding hydrogens is 228 g/mol. The summed E-state index contributed by atoms with van der Waals surface area (Å²) in [7, 11) is 0. The molecule has 0 spiro atoms. The zero-order chi connectivity index (χ0) is 13.1. The van der Waals surface area contributed by atoms with Gasteiger partial charge in [-0.15, -0.1) is 0 Å². The summed E-state index contributed by atoms with van der Waals surface area (Å²) in [6, 6.07) is 3.64. The van der Waals surface area contributed by atoms with E-state index < -0.39 is 0 Å². The molecule has 0 saturated carbocycles. The molecule has 1 saturated heterocycles. The van der Waals surface area contributed by atoms with Gasteiger partial charge in [-0.3, -0.25) is 9.78 Å². The standard InChI is InChI=1S/C14H20N2O2/c1-10(2)13-7-12(3-5-15-13)14(18)16-6-4-11(8-16)9-17/h3,5,7,10-11,17H,4,6,8-9H2,1-2H3. The fourth-order valence-corrected chi connectivity index (χ4v) is 2.25. The van der Waals surface area contributed by atoms with E-state index in [2.05, 4.69) is 18.8 Å². The molecule has 98 valence electrons. The van der Waals surface area contributed by atoms with Crippen LogP contribution in [0.5, 0.6) is 0 Å². The quantitative estimate of drug-likeness (QED) is 0.885. The lowest BCUT2D eigenvalue weighted by Crippen LogP contribution is -2.29. The zero-order valence-electron chi connectivity index (χ0n) is 11.0. The zero-order valence-corrected chi connectivity index (χ0v) is 11.0. The lowest BCUT2D eigenvalue weighted by atomic mass is 10.1. The molecule has 0 bridgehead atoms. The maximum atomic E-state index is 12.3. The second kappa shape index (κ2) is 5.48. The van der Waals surface area contributed by atoms with E-state index in [1.807, 2.05) is 11.0 Å². The third kappa shape index (κ3) is 2.70. The Morgan fingerprint density at radius 3 is 3.00 bits per heavy atom. The number of nitrogens with zero attached hydrogens (tertiary/aromatic N) is 2. The first-order valence-corrected chi connectivity index (χ1v) is 6.48. The number of carbonyl (C=O) groups is 1. The largest absolute Gasteiger partial charge is 0.396 e. The highest BCUT2D eigenvalue weighted by Crippen LogP contribution is 2.19. The summed E-state index contributed by atoms with van der Waals surface area (Å²) in [4.78, 5) is 18.4. The SMILES string of the molecule is CC(C)c1cc(C(=O)N2CCC(CO)C2)ccn1. The third-order valence-corrected chi connectivity index (χ3v) is 3.45. The summed E-state index contributed by atoms with van der Waals surface area (Å²) < 4.78 is 0. The first kappa shape index (κ1) is 13.0. The van der Waals surface area contributed by atoms with E-state index in [9.17, 15) is 4.79 Å². The molecular formula is C14H20N2O2. The molecule has 1 atom stereocenters. The van der Waals surface area contributed by atoms with Gasteiger partial charge in [-0.2, -0.15) is 0 Å². The highest BCUT2D eigenvalue weighted by molar-refractivity contribution is 5.94. The van der Waals surface area contributed by atoms with Crippen LogP contribution in [0.1, 0.15) is 42.2 Å². The monoisotopic (exact) mass is 248 g/mol. The Morgan fingerprint density at radius 2 is 2.39 bits per heavy atom. The van der Waals surface area contributed by atoms with Gasteiger partial charge in [-0.1, -0.05) is 13.8 Å². The molecule has 1 unspecified atom stereocenters. The first-order valence-electron chi connectivity index (χ1n) is 6.48. The average Bonchev–Trinajstić information content (AvgIpc) is 2.86. The van der Waals surface area contributed by atoms with Crippen molar-refractivity contribution >= 4 is 5.91 Å². The number of aliphatic hydroxyl groups is 1. The Bertz CT molecular complexity index is 432. The predicted molar refractivity (Wildman–Crippen MR) is 69.4 cm³/mol. The van der Waals surface area contributed by atoms with Crippen LogP contribution < -0.4 is 0 Å². The van der Waals surface area contributed by atoms with Crippen molar-refractivity contribution < 1.29 is 9.90 Å². The Balaban J connectivity index is 2.12. The summed E-state index contributed by atoms with van der Waals surface area (Å²) >= 11 is 0. The van der Waals surface area contributed by atoms with E-state index in [1.165, 1.54) is 0 Å². The average molecular weight is 248 g/mol. The van der Waals surface area contributed by atoms with Crippen LogP contribution in [0.15, 0.2) is 18.3 Å². The highest BCUT2D eigenvalue weighted by Gasteiger charge is 2.26. The molecule has 1 aromatic heterocycles. The van der Waals surface area contributed by atoms with Crippen LogP contribution >= 0.6 is 0 Å². The maximum Gasteiger partial charge on any atom is 0.253 e.